The van der Waals surface area contributed by atoms with Crippen LogP contribution in [-0.2, 0) is 4.74 Å². The number of benzene rings is 1. The highest BCUT2D eigenvalue weighted by Gasteiger charge is 2.29. The summed E-state index contributed by atoms with van der Waals surface area (Å²) in [6.07, 6.45) is -0.188. The standard InChI is InChI=1S/C14H20ClFN2O/c1-9(2)18-5-6-19-13(8-18)14(17)11-4-3-10(15)7-12(11)16/h3-4,7,9,13-14H,5-6,8,17H2,1-2H3. The van der Waals surface area contributed by atoms with Crippen LogP contribution < -0.4 is 5.73 Å². The van der Waals surface area contributed by atoms with E-state index in [1.54, 1.807) is 12.1 Å². The predicted octanol–water partition coefficient (Wildman–Crippen LogP) is 2.59. The van der Waals surface area contributed by atoms with E-state index in [9.17, 15) is 4.39 Å². The van der Waals surface area contributed by atoms with Crippen molar-refractivity contribution in [2.45, 2.75) is 32.0 Å². The molecule has 0 spiro atoms. The number of halogens is 2. The van der Waals surface area contributed by atoms with Crippen LogP contribution in [0.4, 0.5) is 4.39 Å². The Morgan fingerprint density at radius 2 is 2.21 bits per heavy atom. The maximum atomic E-state index is 13.9. The molecular weight excluding hydrogens is 267 g/mol. The SMILES string of the molecule is CC(C)N1CCOC(C(N)c2ccc(Cl)cc2F)C1. The minimum Gasteiger partial charge on any atom is -0.374 e. The summed E-state index contributed by atoms with van der Waals surface area (Å²) in [4.78, 5) is 2.29. The molecule has 1 aliphatic heterocycles. The number of hydrogen-bond donors (Lipinski definition) is 1. The van der Waals surface area contributed by atoms with Crippen molar-refractivity contribution in [1.82, 2.24) is 4.90 Å². The van der Waals surface area contributed by atoms with Gasteiger partial charge in [0.05, 0.1) is 18.8 Å². The van der Waals surface area contributed by atoms with Crippen molar-refractivity contribution in [3.8, 4) is 0 Å². The van der Waals surface area contributed by atoms with Crippen molar-refractivity contribution in [3.63, 3.8) is 0 Å². The van der Waals surface area contributed by atoms with Gasteiger partial charge in [-0.05, 0) is 26.0 Å². The monoisotopic (exact) mass is 286 g/mol. The number of nitrogens with zero attached hydrogens (tertiary/aromatic N) is 1. The molecule has 1 heterocycles. The largest absolute Gasteiger partial charge is 0.374 e. The molecule has 1 aromatic rings. The molecule has 2 atom stereocenters. The van der Waals surface area contributed by atoms with E-state index in [0.29, 0.717) is 23.2 Å². The van der Waals surface area contributed by atoms with Gasteiger partial charge in [-0.3, -0.25) is 4.90 Å². The molecule has 0 aromatic heterocycles. The molecule has 0 saturated carbocycles. The first-order chi connectivity index (χ1) is 8.99. The van der Waals surface area contributed by atoms with Gasteiger partial charge in [0.15, 0.2) is 0 Å². The maximum absolute atomic E-state index is 13.9. The van der Waals surface area contributed by atoms with Gasteiger partial charge in [0.2, 0.25) is 0 Å². The van der Waals surface area contributed by atoms with Crippen molar-refractivity contribution < 1.29 is 9.13 Å². The summed E-state index contributed by atoms with van der Waals surface area (Å²) in [5, 5.41) is 0.377. The Balaban J connectivity index is 2.12. The van der Waals surface area contributed by atoms with E-state index >= 15 is 0 Å². The van der Waals surface area contributed by atoms with Crippen LogP contribution in [0.25, 0.3) is 0 Å². The van der Waals surface area contributed by atoms with Crippen LogP contribution in [0.1, 0.15) is 25.5 Å². The summed E-state index contributed by atoms with van der Waals surface area (Å²) in [6.45, 7) is 6.52. The summed E-state index contributed by atoms with van der Waals surface area (Å²) < 4.78 is 19.6. The van der Waals surface area contributed by atoms with Gasteiger partial charge >= 0.3 is 0 Å². The first-order valence-corrected chi connectivity index (χ1v) is 6.93. The fourth-order valence-electron chi connectivity index (χ4n) is 2.35. The van der Waals surface area contributed by atoms with E-state index in [-0.39, 0.29) is 11.9 Å². The Bertz CT molecular complexity index is 441. The highest BCUT2D eigenvalue weighted by atomic mass is 35.5. The molecule has 19 heavy (non-hydrogen) atoms. The van der Waals surface area contributed by atoms with Crippen molar-refractivity contribution in [2.24, 2.45) is 5.73 Å². The normalized spacial score (nSPS) is 22.7. The number of hydrogen-bond acceptors (Lipinski definition) is 3. The second kappa shape index (κ2) is 6.18. The third-order valence-electron chi connectivity index (χ3n) is 3.58. The number of morpholine rings is 1. The van der Waals surface area contributed by atoms with Crippen molar-refractivity contribution in [1.29, 1.82) is 0 Å². The molecule has 2 unspecified atom stereocenters. The van der Waals surface area contributed by atoms with Gasteiger partial charge in [-0.15, -0.1) is 0 Å². The lowest BCUT2D eigenvalue weighted by molar-refractivity contribution is -0.0506. The lowest BCUT2D eigenvalue weighted by Crippen LogP contribution is -2.49. The third kappa shape index (κ3) is 3.45. The minimum atomic E-state index is -0.473. The van der Waals surface area contributed by atoms with Crippen LogP contribution >= 0.6 is 11.6 Å². The maximum Gasteiger partial charge on any atom is 0.129 e. The van der Waals surface area contributed by atoms with Crippen LogP contribution in [0.5, 0.6) is 0 Å². The van der Waals surface area contributed by atoms with E-state index < -0.39 is 6.04 Å². The van der Waals surface area contributed by atoms with Gasteiger partial charge in [0.1, 0.15) is 5.82 Å². The highest BCUT2D eigenvalue weighted by molar-refractivity contribution is 6.30. The van der Waals surface area contributed by atoms with Crippen molar-refractivity contribution in [3.05, 3.63) is 34.6 Å². The summed E-state index contributed by atoms with van der Waals surface area (Å²) in [5.74, 6) is -0.370. The molecule has 1 aliphatic rings. The Kier molecular flexibility index (Phi) is 4.79. The molecule has 0 bridgehead atoms. The van der Waals surface area contributed by atoms with Crippen LogP contribution in [-0.4, -0.2) is 36.7 Å². The van der Waals surface area contributed by atoms with Gasteiger partial charge in [-0.2, -0.15) is 0 Å². The van der Waals surface area contributed by atoms with Crippen LogP contribution in [0.2, 0.25) is 5.02 Å². The first kappa shape index (κ1) is 14.7. The zero-order valence-corrected chi connectivity index (χ0v) is 12.0. The lowest BCUT2D eigenvalue weighted by Gasteiger charge is -2.38. The molecule has 1 fully saturated rings. The number of nitrogens with two attached hydrogens (primary N) is 1. The second-order valence-corrected chi connectivity index (χ2v) is 5.63. The molecule has 106 valence electrons. The van der Waals surface area contributed by atoms with Crippen LogP contribution in [0.15, 0.2) is 18.2 Å². The average molecular weight is 287 g/mol. The zero-order valence-electron chi connectivity index (χ0n) is 11.3. The number of rotatable bonds is 3. The van der Waals surface area contributed by atoms with Crippen molar-refractivity contribution in [2.75, 3.05) is 19.7 Å². The Morgan fingerprint density at radius 3 is 2.84 bits per heavy atom. The van der Waals surface area contributed by atoms with Gasteiger partial charge in [-0.25, -0.2) is 4.39 Å². The Hall–Kier alpha value is -0.680. The molecule has 1 aromatic carbocycles. The van der Waals surface area contributed by atoms with Gasteiger partial charge < -0.3 is 10.5 Å². The van der Waals surface area contributed by atoms with E-state index in [1.165, 1.54) is 6.07 Å². The smallest absolute Gasteiger partial charge is 0.129 e. The van der Waals surface area contributed by atoms with Crippen LogP contribution in [0.3, 0.4) is 0 Å². The molecule has 5 heteroatoms. The van der Waals surface area contributed by atoms with Gasteiger partial charge in [0.25, 0.3) is 0 Å². The molecule has 0 aliphatic carbocycles. The summed E-state index contributed by atoms with van der Waals surface area (Å²) >= 11 is 5.75. The second-order valence-electron chi connectivity index (χ2n) is 5.19. The molecule has 2 N–H and O–H groups in total. The third-order valence-corrected chi connectivity index (χ3v) is 3.81. The van der Waals surface area contributed by atoms with Crippen molar-refractivity contribution >= 4 is 11.6 Å². The van der Waals surface area contributed by atoms with Crippen LogP contribution in [0, 0.1) is 5.82 Å². The molecule has 1 saturated heterocycles. The quantitative estimate of drug-likeness (QED) is 0.928. The van der Waals surface area contributed by atoms with E-state index in [0.717, 1.165) is 13.1 Å². The summed E-state index contributed by atoms with van der Waals surface area (Å²) in [7, 11) is 0. The van der Waals surface area contributed by atoms with Gasteiger partial charge in [0, 0.05) is 29.7 Å². The van der Waals surface area contributed by atoms with E-state index in [4.69, 9.17) is 22.1 Å². The van der Waals surface area contributed by atoms with Gasteiger partial charge in [-0.1, -0.05) is 17.7 Å². The molecule has 2 rings (SSSR count). The minimum absolute atomic E-state index is 0.188. The summed E-state index contributed by atoms with van der Waals surface area (Å²) in [5.41, 5.74) is 6.61. The first-order valence-electron chi connectivity index (χ1n) is 6.55. The van der Waals surface area contributed by atoms with E-state index in [1.807, 2.05) is 0 Å². The summed E-state index contributed by atoms with van der Waals surface area (Å²) in [6, 6.07) is 4.55. The molecule has 0 radical (unpaired) electrons. The zero-order chi connectivity index (χ0) is 14.0. The predicted molar refractivity (Wildman–Crippen MR) is 74.8 cm³/mol. The lowest BCUT2D eigenvalue weighted by atomic mass is 10.00. The highest BCUT2D eigenvalue weighted by Crippen LogP contribution is 2.25. The fourth-order valence-corrected chi connectivity index (χ4v) is 2.51. The molecular formula is C14H20ClFN2O. The topological polar surface area (TPSA) is 38.5 Å². The van der Waals surface area contributed by atoms with E-state index in [2.05, 4.69) is 18.7 Å². The Labute approximate surface area is 118 Å². The Morgan fingerprint density at radius 1 is 1.47 bits per heavy atom. The average Bonchev–Trinajstić information content (AvgIpc) is 2.38. The molecule has 0 amide bonds. The fraction of sp³-hybridized carbons (Fsp3) is 0.571. The number of ether oxygens (including phenoxy) is 1. The molecule has 3 nitrogen and oxygen atoms in total.